The van der Waals surface area contributed by atoms with Crippen molar-refractivity contribution in [2.75, 3.05) is 5.32 Å². The zero-order valence-corrected chi connectivity index (χ0v) is 17.1. The largest absolute Gasteiger partial charge is 0.351 e. The maximum Gasteiger partial charge on any atom is 0.293 e. The molecule has 0 fully saturated rings. The van der Waals surface area contributed by atoms with Gasteiger partial charge in [-0.25, -0.2) is 9.87 Å². The van der Waals surface area contributed by atoms with E-state index in [4.69, 9.17) is 4.84 Å². The van der Waals surface area contributed by atoms with Crippen LogP contribution in [-0.4, -0.2) is 21.5 Å². The van der Waals surface area contributed by atoms with E-state index < -0.39 is 17.3 Å². The van der Waals surface area contributed by atoms with Crippen LogP contribution in [0.3, 0.4) is 0 Å². The van der Waals surface area contributed by atoms with Gasteiger partial charge in [0, 0.05) is 17.8 Å². The number of fused-ring (bicyclic) bond motifs is 1. The molecule has 150 valence electrons. The number of hydrogen-bond acceptors (Lipinski definition) is 4. The van der Waals surface area contributed by atoms with E-state index in [-0.39, 0.29) is 11.4 Å². The number of rotatable bonds is 4. The van der Waals surface area contributed by atoms with Crippen molar-refractivity contribution in [3.05, 3.63) is 53.7 Å². The Morgan fingerprint density at radius 2 is 1.93 bits per heavy atom. The maximum atomic E-state index is 14.3. The van der Waals surface area contributed by atoms with Crippen molar-refractivity contribution in [3.8, 4) is 0 Å². The van der Waals surface area contributed by atoms with E-state index in [1.54, 1.807) is 30.6 Å². The minimum atomic E-state index is -0.542. The highest BCUT2D eigenvalue weighted by molar-refractivity contribution is 6.08. The lowest BCUT2D eigenvalue weighted by molar-refractivity contribution is -0.0590. The molecule has 2 aromatic heterocycles. The van der Waals surface area contributed by atoms with E-state index in [1.165, 1.54) is 6.07 Å². The highest BCUT2D eigenvalue weighted by Crippen LogP contribution is 2.31. The number of aryl methyl sites for hydroxylation is 1. The standard InChI is InChI=1S/C19H21FN4O2.C2H6/c1-11-5-6-15(13(20)9-11)23-16-12-10-21-8-7-14(12)22-17(16)18(25)24-26-19(2,3)4;1-2/h5-10,22-23H,1-4H3,(H,24,25);1-2H3. The fraction of sp³-hybridized carbons (Fsp3) is 0.333. The molecule has 0 saturated heterocycles. The first kappa shape index (κ1) is 21.4. The molecular formula is C21H27FN4O2. The minimum Gasteiger partial charge on any atom is -0.351 e. The van der Waals surface area contributed by atoms with Crippen molar-refractivity contribution >= 4 is 28.2 Å². The predicted molar refractivity (Wildman–Crippen MR) is 110 cm³/mol. The Kier molecular flexibility index (Phi) is 6.75. The summed E-state index contributed by atoms with van der Waals surface area (Å²) in [7, 11) is 0. The molecular weight excluding hydrogens is 359 g/mol. The number of carbonyl (C=O) groups excluding carboxylic acids is 1. The van der Waals surface area contributed by atoms with E-state index in [1.807, 2.05) is 41.5 Å². The van der Waals surface area contributed by atoms with Gasteiger partial charge in [-0.2, -0.15) is 0 Å². The van der Waals surface area contributed by atoms with Crippen LogP contribution in [0.5, 0.6) is 0 Å². The van der Waals surface area contributed by atoms with Crippen molar-refractivity contribution in [1.29, 1.82) is 0 Å². The summed E-state index contributed by atoms with van der Waals surface area (Å²) in [5.74, 6) is -0.869. The average molecular weight is 386 g/mol. The zero-order chi connectivity index (χ0) is 20.9. The summed E-state index contributed by atoms with van der Waals surface area (Å²) < 4.78 is 14.3. The summed E-state index contributed by atoms with van der Waals surface area (Å²) in [6, 6.07) is 6.60. The number of H-pyrrole nitrogens is 1. The van der Waals surface area contributed by atoms with Gasteiger partial charge < -0.3 is 10.3 Å². The third-order valence-electron chi connectivity index (χ3n) is 3.66. The van der Waals surface area contributed by atoms with E-state index in [9.17, 15) is 9.18 Å². The number of pyridine rings is 1. The van der Waals surface area contributed by atoms with Crippen molar-refractivity contribution in [1.82, 2.24) is 15.4 Å². The highest BCUT2D eigenvalue weighted by Gasteiger charge is 2.21. The molecule has 1 amide bonds. The van der Waals surface area contributed by atoms with Gasteiger partial charge in [0.2, 0.25) is 0 Å². The lowest BCUT2D eigenvalue weighted by Gasteiger charge is -2.19. The Morgan fingerprint density at radius 3 is 2.57 bits per heavy atom. The summed E-state index contributed by atoms with van der Waals surface area (Å²) in [4.78, 5) is 25.1. The lowest BCUT2D eigenvalue weighted by atomic mass is 10.2. The van der Waals surface area contributed by atoms with Gasteiger partial charge >= 0.3 is 0 Å². The molecule has 0 aliphatic heterocycles. The summed E-state index contributed by atoms with van der Waals surface area (Å²) in [5, 5.41) is 3.68. The normalized spacial score (nSPS) is 11.0. The monoisotopic (exact) mass is 386 g/mol. The number of nitrogens with zero attached hydrogens (tertiary/aromatic N) is 1. The van der Waals surface area contributed by atoms with Crippen LogP contribution in [0.2, 0.25) is 0 Å². The van der Waals surface area contributed by atoms with Crippen LogP contribution in [0, 0.1) is 12.7 Å². The van der Waals surface area contributed by atoms with Crippen molar-refractivity contribution in [2.24, 2.45) is 0 Å². The Morgan fingerprint density at radius 1 is 1.21 bits per heavy atom. The molecule has 3 rings (SSSR count). The van der Waals surface area contributed by atoms with Crippen LogP contribution in [0.15, 0.2) is 36.7 Å². The van der Waals surface area contributed by atoms with E-state index in [2.05, 4.69) is 20.8 Å². The van der Waals surface area contributed by atoms with Gasteiger partial charge in [0.1, 0.15) is 11.5 Å². The molecule has 3 N–H and O–H groups in total. The summed E-state index contributed by atoms with van der Waals surface area (Å²) in [6.07, 6.45) is 3.23. The average Bonchev–Trinajstić information content (AvgIpc) is 3.02. The Labute approximate surface area is 164 Å². The second kappa shape index (κ2) is 8.84. The third-order valence-corrected chi connectivity index (χ3v) is 3.66. The molecule has 0 radical (unpaired) electrons. The molecule has 7 heteroatoms. The molecule has 1 aromatic carbocycles. The first-order chi connectivity index (χ1) is 13.2. The molecule has 6 nitrogen and oxygen atoms in total. The third kappa shape index (κ3) is 5.07. The summed E-state index contributed by atoms with van der Waals surface area (Å²) in [6.45, 7) is 11.3. The number of hydrogen-bond donors (Lipinski definition) is 3. The molecule has 3 aromatic rings. The molecule has 0 aliphatic carbocycles. The molecule has 2 heterocycles. The minimum absolute atomic E-state index is 0.234. The number of carbonyl (C=O) groups is 1. The maximum absolute atomic E-state index is 14.3. The summed E-state index contributed by atoms with van der Waals surface area (Å²) in [5.41, 5.74) is 4.34. The van der Waals surface area contributed by atoms with Crippen molar-refractivity contribution < 1.29 is 14.0 Å². The number of halogens is 1. The van der Waals surface area contributed by atoms with Crippen molar-refractivity contribution in [3.63, 3.8) is 0 Å². The highest BCUT2D eigenvalue weighted by atomic mass is 19.1. The smallest absolute Gasteiger partial charge is 0.293 e. The van der Waals surface area contributed by atoms with Gasteiger partial charge in [-0.05, 0) is 51.5 Å². The topological polar surface area (TPSA) is 79.0 Å². The Bertz CT molecular complexity index is 961. The van der Waals surface area contributed by atoms with Crippen LogP contribution >= 0.6 is 0 Å². The van der Waals surface area contributed by atoms with Crippen LogP contribution in [-0.2, 0) is 4.84 Å². The quantitative estimate of drug-likeness (QED) is 0.536. The molecule has 0 aliphatic rings. The molecule has 0 spiro atoms. The fourth-order valence-electron chi connectivity index (χ4n) is 2.44. The van der Waals surface area contributed by atoms with Gasteiger partial charge in [0.25, 0.3) is 5.91 Å². The number of benzene rings is 1. The molecule has 0 unspecified atom stereocenters. The van der Waals surface area contributed by atoms with Crippen LogP contribution in [0.1, 0.15) is 50.7 Å². The van der Waals surface area contributed by atoms with Gasteiger partial charge in [0.15, 0.2) is 0 Å². The SMILES string of the molecule is CC.Cc1ccc(Nc2c(C(=O)NOC(C)(C)C)[nH]c3ccncc23)c(F)c1. The van der Waals surface area contributed by atoms with E-state index in [0.717, 1.165) is 5.56 Å². The Balaban J connectivity index is 0.00000136. The Hall–Kier alpha value is -2.93. The van der Waals surface area contributed by atoms with Crippen molar-refractivity contribution in [2.45, 2.75) is 47.1 Å². The molecule has 28 heavy (non-hydrogen) atoms. The van der Waals surface area contributed by atoms with Gasteiger partial charge in [-0.15, -0.1) is 0 Å². The lowest BCUT2D eigenvalue weighted by Crippen LogP contribution is -2.34. The fourth-order valence-corrected chi connectivity index (χ4v) is 2.44. The second-order valence-electron chi connectivity index (χ2n) is 7.05. The first-order valence-electron chi connectivity index (χ1n) is 9.22. The van der Waals surface area contributed by atoms with Crippen LogP contribution in [0.4, 0.5) is 15.8 Å². The number of aromatic amines is 1. The van der Waals surface area contributed by atoms with Gasteiger partial charge in [-0.1, -0.05) is 19.9 Å². The molecule has 0 bridgehead atoms. The van der Waals surface area contributed by atoms with E-state index in [0.29, 0.717) is 16.6 Å². The molecule has 0 atom stereocenters. The van der Waals surface area contributed by atoms with Gasteiger partial charge in [0.05, 0.1) is 22.5 Å². The first-order valence-corrected chi connectivity index (χ1v) is 9.22. The zero-order valence-electron chi connectivity index (χ0n) is 17.1. The number of nitrogens with one attached hydrogen (secondary N) is 3. The number of hydroxylamine groups is 1. The van der Waals surface area contributed by atoms with Crippen LogP contribution < -0.4 is 10.8 Å². The number of amides is 1. The number of anilines is 2. The van der Waals surface area contributed by atoms with Gasteiger partial charge in [-0.3, -0.25) is 14.6 Å². The molecule has 0 saturated carbocycles. The van der Waals surface area contributed by atoms with E-state index >= 15 is 0 Å². The van der Waals surface area contributed by atoms with Crippen LogP contribution in [0.25, 0.3) is 10.9 Å². The predicted octanol–water partition coefficient (Wildman–Crippen LogP) is 5.24. The number of aromatic nitrogens is 2. The summed E-state index contributed by atoms with van der Waals surface area (Å²) >= 11 is 0. The second-order valence-corrected chi connectivity index (χ2v) is 7.05.